The average Bonchev–Trinajstić information content (AvgIpc) is 2.48. The molecule has 2 rings (SSSR count). The Bertz CT molecular complexity index is 520. The Balaban J connectivity index is 2.03. The Morgan fingerprint density at radius 2 is 2.10 bits per heavy atom. The van der Waals surface area contributed by atoms with E-state index < -0.39 is 10.0 Å². The van der Waals surface area contributed by atoms with Gasteiger partial charge in [0.2, 0.25) is 10.0 Å². The second kappa shape index (κ2) is 7.02. The highest BCUT2D eigenvalue weighted by Crippen LogP contribution is 2.20. The SMILES string of the molecule is CC(CS(=O)(=O)N1CCOC(CBr)C1)c1ccccc1. The maximum absolute atomic E-state index is 12.5. The molecule has 4 nitrogen and oxygen atoms in total. The first-order chi connectivity index (χ1) is 9.53. The molecule has 0 bridgehead atoms. The summed E-state index contributed by atoms with van der Waals surface area (Å²) in [5.74, 6) is 0.137. The molecule has 112 valence electrons. The minimum atomic E-state index is -3.24. The summed E-state index contributed by atoms with van der Waals surface area (Å²) < 4.78 is 32.0. The monoisotopic (exact) mass is 361 g/mol. The Hall–Kier alpha value is -0.430. The molecule has 0 aliphatic carbocycles. The highest BCUT2D eigenvalue weighted by atomic mass is 79.9. The highest BCUT2D eigenvalue weighted by Gasteiger charge is 2.30. The van der Waals surface area contributed by atoms with Gasteiger partial charge in [-0.15, -0.1) is 0 Å². The fraction of sp³-hybridized carbons (Fsp3) is 0.571. The van der Waals surface area contributed by atoms with Gasteiger partial charge in [-0.2, -0.15) is 4.31 Å². The number of halogens is 1. The van der Waals surface area contributed by atoms with Crippen LogP contribution < -0.4 is 0 Å². The van der Waals surface area contributed by atoms with Crippen molar-refractivity contribution in [3.8, 4) is 0 Å². The second-order valence-corrected chi connectivity index (χ2v) is 7.76. The van der Waals surface area contributed by atoms with Crippen molar-refractivity contribution < 1.29 is 13.2 Å². The van der Waals surface area contributed by atoms with Crippen LogP contribution in [0.2, 0.25) is 0 Å². The van der Waals surface area contributed by atoms with Gasteiger partial charge in [-0.25, -0.2) is 8.42 Å². The number of morpholine rings is 1. The average molecular weight is 362 g/mol. The van der Waals surface area contributed by atoms with Gasteiger partial charge < -0.3 is 4.74 Å². The van der Waals surface area contributed by atoms with Crippen molar-refractivity contribution in [2.45, 2.75) is 18.9 Å². The standard InChI is InChI=1S/C14H20BrNO3S/c1-12(13-5-3-2-4-6-13)11-20(17,18)16-7-8-19-14(9-15)10-16/h2-6,12,14H,7-11H2,1H3. The third-order valence-electron chi connectivity index (χ3n) is 3.50. The number of benzene rings is 1. The quantitative estimate of drug-likeness (QED) is 0.755. The van der Waals surface area contributed by atoms with Crippen LogP contribution in [-0.2, 0) is 14.8 Å². The molecule has 0 spiro atoms. The summed E-state index contributed by atoms with van der Waals surface area (Å²) in [7, 11) is -3.24. The van der Waals surface area contributed by atoms with Crippen LogP contribution >= 0.6 is 15.9 Å². The van der Waals surface area contributed by atoms with E-state index in [1.165, 1.54) is 0 Å². The van der Waals surface area contributed by atoms with Crippen LogP contribution in [0.4, 0.5) is 0 Å². The fourth-order valence-corrected chi connectivity index (χ4v) is 4.51. The van der Waals surface area contributed by atoms with Gasteiger partial charge in [-0.05, 0) is 11.5 Å². The lowest BCUT2D eigenvalue weighted by Crippen LogP contribution is -2.47. The molecular formula is C14H20BrNO3S. The lowest BCUT2D eigenvalue weighted by Gasteiger charge is -2.32. The van der Waals surface area contributed by atoms with E-state index >= 15 is 0 Å². The predicted octanol–water partition coefficient (Wildman–Crippen LogP) is 2.22. The molecule has 0 radical (unpaired) electrons. The zero-order chi connectivity index (χ0) is 14.6. The summed E-state index contributed by atoms with van der Waals surface area (Å²) >= 11 is 3.35. The van der Waals surface area contributed by atoms with Crippen molar-refractivity contribution in [2.75, 3.05) is 30.8 Å². The Labute approximate surface area is 129 Å². The summed E-state index contributed by atoms with van der Waals surface area (Å²) in [6.45, 7) is 3.31. The number of alkyl halides is 1. The number of rotatable bonds is 5. The van der Waals surface area contributed by atoms with Crippen molar-refractivity contribution >= 4 is 26.0 Å². The van der Waals surface area contributed by atoms with Crippen LogP contribution in [0.15, 0.2) is 30.3 Å². The molecule has 1 aromatic rings. The van der Waals surface area contributed by atoms with E-state index in [4.69, 9.17) is 4.74 Å². The van der Waals surface area contributed by atoms with E-state index in [0.29, 0.717) is 25.0 Å². The Morgan fingerprint density at radius 3 is 2.75 bits per heavy atom. The van der Waals surface area contributed by atoms with Gasteiger partial charge in [0.15, 0.2) is 0 Å². The molecule has 0 aromatic heterocycles. The summed E-state index contributed by atoms with van der Waals surface area (Å²) in [6.07, 6.45) is -0.0504. The molecule has 6 heteroatoms. The van der Waals surface area contributed by atoms with Crippen molar-refractivity contribution in [3.63, 3.8) is 0 Å². The lowest BCUT2D eigenvalue weighted by atomic mass is 10.0. The number of nitrogens with zero attached hydrogens (tertiary/aromatic N) is 1. The van der Waals surface area contributed by atoms with Crippen molar-refractivity contribution in [2.24, 2.45) is 0 Å². The van der Waals surface area contributed by atoms with Gasteiger partial charge in [-0.3, -0.25) is 0 Å². The van der Waals surface area contributed by atoms with Gasteiger partial charge in [0.1, 0.15) is 0 Å². The van der Waals surface area contributed by atoms with Crippen LogP contribution in [0.1, 0.15) is 18.4 Å². The minimum absolute atomic E-state index is 0.00790. The normalized spacial score (nSPS) is 22.6. The van der Waals surface area contributed by atoms with Crippen LogP contribution in [-0.4, -0.2) is 49.6 Å². The largest absolute Gasteiger partial charge is 0.375 e. The Morgan fingerprint density at radius 1 is 1.40 bits per heavy atom. The molecule has 20 heavy (non-hydrogen) atoms. The molecule has 0 saturated carbocycles. The predicted molar refractivity (Wildman–Crippen MR) is 83.8 cm³/mol. The molecule has 1 saturated heterocycles. The summed E-state index contributed by atoms with van der Waals surface area (Å²) in [5, 5.41) is 0.660. The molecule has 1 heterocycles. The highest BCUT2D eigenvalue weighted by molar-refractivity contribution is 9.09. The van der Waals surface area contributed by atoms with Crippen LogP contribution in [0, 0.1) is 0 Å². The first kappa shape index (κ1) is 15.9. The molecule has 1 fully saturated rings. The number of sulfonamides is 1. The van der Waals surface area contributed by atoms with E-state index in [2.05, 4.69) is 15.9 Å². The van der Waals surface area contributed by atoms with E-state index in [0.717, 1.165) is 5.56 Å². The van der Waals surface area contributed by atoms with Crippen LogP contribution in [0.3, 0.4) is 0 Å². The van der Waals surface area contributed by atoms with Crippen LogP contribution in [0.5, 0.6) is 0 Å². The maximum atomic E-state index is 12.5. The smallest absolute Gasteiger partial charge is 0.214 e. The molecule has 0 amide bonds. The molecule has 1 aromatic carbocycles. The molecule has 0 N–H and O–H groups in total. The van der Waals surface area contributed by atoms with E-state index in [1.807, 2.05) is 37.3 Å². The maximum Gasteiger partial charge on any atom is 0.214 e. The summed E-state index contributed by atoms with van der Waals surface area (Å²) in [6, 6.07) is 9.76. The number of hydrogen-bond acceptors (Lipinski definition) is 3. The zero-order valence-electron chi connectivity index (χ0n) is 11.5. The fourth-order valence-electron chi connectivity index (χ4n) is 2.34. The van der Waals surface area contributed by atoms with Crippen molar-refractivity contribution in [1.29, 1.82) is 0 Å². The second-order valence-electron chi connectivity index (χ2n) is 5.10. The molecule has 1 aliphatic rings. The van der Waals surface area contributed by atoms with Crippen LogP contribution in [0.25, 0.3) is 0 Å². The van der Waals surface area contributed by atoms with E-state index in [-0.39, 0.29) is 17.8 Å². The molecular weight excluding hydrogens is 342 g/mol. The van der Waals surface area contributed by atoms with Gasteiger partial charge in [0.05, 0.1) is 18.5 Å². The third kappa shape index (κ3) is 4.04. The first-order valence-electron chi connectivity index (χ1n) is 6.73. The van der Waals surface area contributed by atoms with E-state index in [9.17, 15) is 8.42 Å². The van der Waals surface area contributed by atoms with E-state index in [1.54, 1.807) is 4.31 Å². The number of ether oxygens (including phenoxy) is 1. The molecule has 1 aliphatic heterocycles. The summed E-state index contributed by atoms with van der Waals surface area (Å²) in [5.41, 5.74) is 1.06. The van der Waals surface area contributed by atoms with Gasteiger partial charge in [0.25, 0.3) is 0 Å². The minimum Gasteiger partial charge on any atom is -0.375 e. The van der Waals surface area contributed by atoms with Gasteiger partial charge in [0, 0.05) is 18.4 Å². The molecule has 2 unspecified atom stereocenters. The topological polar surface area (TPSA) is 46.6 Å². The summed E-state index contributed by atoms with van der Waals surface area (Å²) in [4.78, 5) is 0. The third-order valence-corrected chi connectivity index (χ3v) is 6.26. The van der Waals surface area contributed by atoms with Gasteiger partial charge >= 0.3 is 0 Å². The molecule has 2 atom stereocenters. The zero-order valence-corrected chi connectivity index (χ0v) is 13.9. The van der Waals surface area contributed by atoms with Crippen molar-refractivity contribution in [1.82, 2.24) is 4.31 Å². The Kier molecular flexibility index (Phi) is 5.60. The first-order valence-corrected chi connectivity index (χ1v) is 9.46. The van der Waals surface area contributed by atoms with Crippen molar-refractivity contribution in [3.05, 3.63) is 35.9 Å². The lowest BCUT2D eigenvalue weighted by molar-refractivity contribution is 0.0136. The van der Waals surface area contributed by atoms with Gasteiger partial charge in [-0.1, -0.05) is 53.2 Å². The number of hydrogen-bond donors (Lipinski definition) is 0.